The second kappa shape index (κ2) is 4.33. The fraction of sp³-hybridized carbons (Fsp3) is 0.267. The van der Waals surface area contributed by atoms with E-state index in [0.717, 1.165) is 29.5 Å². The van der Waals surface area contributed by atoms with Gasteiger partial charge in [-0.2, -0.15) is 0 Å². The molecule has 1 aliphatic heterocycles. The number of carboxylic acids is 1. The third-order valence-corrected chi connectivity index (χ3v) is 3.58. The highest BCUT2D eigenvalue weighted by atomic mass is 16.4. The van der Waals surface area contributed by atoms with Gasteiger partial charge in [-0.05, 0) is 30.4 Å². The first-order chi connectivity index (χ1) is 8.77. The van der Waals surface area contributed by atoms with Gasteiger partial charge in [-0.3, -0.25) is 0 Å². The third kappa shape index (κ3) is 1.72. The lowest BCUT2D eigenvalue weighted by atomic mass is 10.0. The second-order valence-electron chi connectivity index (χ2n) is 4.68. The number of hydrogen-bond acceptors (Lipinski definition) is 2. The molecule has 0 bridgehead atoms. The summed E-state index contributed by atoms with van der Waals surface area (Å²) >= 11 is 0. The van der Waals surface area contributed by atoms with Crippen molar-refractivity contribution in [2.24, 2.45) is 0 Å². The molecule has 3 nitrogen and oxygen atoms in total. The molecule has 3 rings (SSSR count). The zero-order valence-corrected chi connectivity index (χ0v) is 10.1. The molecule has 1 saturated heterocycles. The number of hydrogen-bond donors (Lipinski definition) is 1. The molecule has 0 atom stereocenters. The normalized spacial score (nSPS) is 15.2. The Morgan fingerprint density at radius 2 is 1.67 bits per heavy atom. The fourth-order valence-corrected chi connectivity index (χ4v) is 2.70. The van der Waals surface area contributed by atoms with Gasteiger partial charge >= 0.3 is 5.97 Å². The van der Waals surface area contributed by atoms with Gasteiger partial charge in [0.05, 0.1) is 5.56 Å². The molecule has 1 heterocycles. The third-order valence-electron chi connectivity index (χ3n) is 3.58. The lowest BCUT2D eigenvalue weighted by Crippen LogP contribution is -2.18. The van der Waals surface area contributed by atoms with Crippen molar-refractivity contribution in [3.8, 4) is 0 Å². The molecule has 0 spiro atoms. The van der Waals surface area contributed by atoms with Crippen molar-refractivity contribution in [1.29, 1.82) is 0 Å². The van der Waals surface area contributed by atoms with Gasteiger partial charge in [0.1, 0.15) is 0 Å². The van der Waals surface area contributed by atoms with E-state index < -0.39 is 5.97 Å². The molecule has 0 unspecified atom stereocenters. The smallest absolute Gasteiger partial charge is 0.336 e. The Labute approximate surface area is 106 Å². The summed E-state index contributed by atoms with van der Waals surface area (Å²) in [6, 6.07) is 11.4. The molecule has 0 radical (unpaired) electrons. The molecular formula is C15H15NO2. The van der Waals surface area contributed by atoms with Crippen LogP contribution in [0, 0.1) is 0 Å². The van der Waals surface area contributed by atoms with Crippen LogP contribution in [0.25, 0.3) is 10.8 Å². The van der Waals surface area contributed by atoms with Crippen molar-refractivity contribution >= 4 is 22.4 Å². The van der Waals surface area contributed by atoms with E-state index in [-0.39, 0.29) is 0 Å². The Morgan fingerprint density at radius 3 is 2.33 bits per heavy atom. The van der Waals surface area contributed by atoms with Gasteiger partial charge in [0.15, 0.2) is 0 Å². The summed E-state index contributed by atoms with van der Waals surface area (Å²) in [7, 11) is 0. The van der Waals surface area contributed by atoms with Crippen molar-refractivity contribution in [2.45, 2.75) is 12.8 Å². The van der Waals surface area contributed by atoms with E-state index in [1.807, 2.05) is 30.3 Å². The molecule has 0 amide bonds. The Bertz CT molecular complexity index is 600. The summed E-state index contributed by atoms with van der Waals surface area (Å²) in [5, 5.41) is 11.1. The summed E-state index contributed by atoms with van der Waals surface area (Å²) in [5.41, 5.74) is 1.54. The van der Waals surface area contributed by atoms with Crippen LogP contribution >= 0.6 is 0 Å². The highest BCUT2D eigenvalue weighted by molar-refractivity contribution is 6.07. The van der Waals surface area contributed by atoms with Crippen molar-refractivity contribution in [3.05, 3.63) is 42.0 Å². The van der Waals surface area contributed by atoms with Crippen LogP contribution in [-0.4, -0.2) is 24.2 Å². The molecule has 2 aromatic rings. The van der Waals surface area contributed by atoms with Gasteiger partial charge in [0, 0.05) is 24.2 Å². The number of fused-ring (bicyclic) bond motifs is 1. The van der Waals surface area contributed by atoms with Crippen LogP contribution < -0.4 is 4.90 Å². The van der Waals surface area contributed by atoms with Gasteiger partial charge in [0.2, 0.25) is 0 Å². The summed E-state index contributed by atoms with van der Waals surface area (Å²) in [5.74, 6) is -0.862. The minimum Gasteiger partial charge on any atom is -0.478 e. The molecule has 1 N–H and O–H groups in total. The first-order valence-corrected chi connectivity index (χ1v) is 6.27. The molecule has 3 heteroatoms. The zero-order chi connectivity index (χ0) is 12.5. The number of nitrogens with zero attached hydrogens (tertiary/aromatic N) is 1. The molecule has 0 aromatic heterocycles. The van der Waals surface area contributed by atoms with Crippen LogP contribution in [0.15, 0.2) is 36.4 Å². The van der Waals surface area contributed by atoms with Crippen LogP contribution in [0.4, 0.5) is 5.69 Å². The number of anilines is 1. The molecule has 2 aromatic carbocycles. The van der Waals surface area contributed by atoms with Crippen LogP contribution in [0.1, 0.15) is 23.2 Å². The van der Waals surface area contributed by atoms with E-state index in [4.69, 9.17) is 0 Å². The molecule has 18 heavy (non-hydrogen) atoms. The minimum absolute atomic E-state index is 0.383. The van der Waals surface area contributed by atoms with Gasteiger partial charge in [-0.15, -0.1) is 0 Å². The predicted octanol–water partition coefficient (Wildman–Crippen LogP) is 3.14. The van der Waals surface area contributed by atoms with Crippen LogP contribution in [-0.2, 0) is 0 Å². The first kappa shape index (κ1) is 11.1. The summed E-state index contributed by atoms with van der Waals surface area (Å²) in [6.45, 7) is 2.13. The van der Waals surface area contributed by atoms with Gasteiger partial charge < -0.3 is 10.0 Å². The number of carbonyl (C=O) groups is 1. The summed E-state index contributed by atoms with van der Waals surface area (Å²) < 4.78 is 0. The van der Waals surface area contributed by atoms with E-state index in [9.17, 15) is 9.90 Å². The Kier molecular flexibility index (Phi) is 2.67. The Hall–Kier alpha value is -2.03. The van der Waals surface area contributed by atoms with E-state index in [1.54, 1.807) is 6.07 Å². The summed E-state index contributed by atoms with van der Waals surface area (Å²) in [4.78, 5) is 13.6. The molecule has 0 saturated carbocycles. The standard InChI is InChI=1S/C15H15NO2/c17-15(18)13-7-8-14(16-9-3-4-10-16)12-6-2-1-5-11(12)13/h1-2,5-8H,3-4,9-10H2,(H,17,18). The number of benzene rings is 2. The van der Waals surface area contributed by atoms with Gasteiger partial charge in [0.25, 0.3) is 0 Å². The maximum atomic E-state index is 11.2. The quantitative estimate of drug-likeness (QED) is 0.878. The maximum absolute atomic E-state index is 11.2. The number of rotatable bonds is 2. The fourth-order valence-electron chi connectivity index (χ4n) is 2.70. The van der Waals surface area contributed by atoms with Crippen molar-refractivity contribution in [2.75, 3.05) is 18.0 Å². The summed E-state index contributed by atoms with van der Waals surface area (Å²) in [6.07, 6.45) is 2.43. The van der Waals surface area contributed by atoms with Gasteiger partial charge in [-0.25, -0.2) is 4.79 Å². The lowest BCUT2D eigenvalue weighted by molar-refractivity contribution is 0.0699. The van der Waals surface area contributed by atoms with Crippen LogP contribution in [0.3, 0.4) is 0 Å². The highest BCUT2D eigenvalue weighted by Crippen LogP contribution is 2.31. The average molecular weight is 241 g/mol. The number of aromatic carboxylic acids is 1. The topological polar surface area (TPSA) is 40.5 Å². The largest absolute Gasteiger partial charge is 0.478 e. The molecule has 0 aliphatic carbocycles. The zero-order valence-electron chi connectivity index (χ0n) is 10.1. The van der Waals surface area contributed by atoms with Crippen molar-refractivity contribution in [1.82, 2.24) is 0 Å². The van der Waals surface area contributed by atoms with Crippen LogP contribution in [0.2, 0.25) is 0 Å². The lowest BCUT2D eigenvalue weighted by Gasteiger charge is -2.20. The van der Waals surface area contributed by atoms with E-state index in [1.165, 1.54) is 12.8 Å². The molecule has 1 aliphatic rings. The van der Waals surface area contributed by atoms with Crippen LogP contribution in [0.5, 0.6) is 0 Å². The predicted molar refractivity (Wildman–Crippen MR) is 72.4 cm³/mol. The van der Waals surface area contributed by atoms with E-state index in [2.05, 4.69) is 4.90 Å². The SMILES string of the molecule is O=C(O)c1ccc(N2CCCC2)c2ccccc12. The molecular weight excluding hydrogens is 226 g/mol. The van der Waals surface area contributed by atoms with Crippen molar-refractivity contribution in [3.63, 3.8) is 0 Å². The monoisotopic (exact) mass is 241 g/mol. The first-order valence-electron chi connectivity index (χ1n) is 6.27. The highest BCUT2D eigenvalue weighted by Gasteiger charge is 2.17. The van der Waals surface area contributed by atoms with E-state index in [0.29, 0.717) is 5.56 Å². The molecule has 1 fully saturated rings. The number of carboxylic acid groups (broad SMARTS) is 1. The van der Waals surface area contributed by atoms with E-state index >= 15 is 0 Å². The minimum atomic E-state index is -0.862. The second-order valence-corrected chi connectivity index (χ2v) is 4.68. The average Bonchev–Trinajstić information content (AvgIpc) is 2.91. The van der Waals surface area contributed by atoms with Crippen molar-refractivity contribution < 1.29 is 9.90 Å². The maximum Gasteiger partial charge on any atom is 0.336 e. The Balaban J connectivity index is 2.22. The van der Waals surface area contributed by atoms with Gasteiger partial charge in [-0.1, -0.05) is 24.3 Å². The Morgan fingerprint density at radius 1 is 1.00 bits per heavy atom. The molecule has 92 valence electrons.